The molecule has 2 aromatic carbocycles. The zero-order valence-corrected chi connectivity index (χ0v) is 17.3. The number of hydrogen-bond acceptors (Lipinski definition) is 4. The Bertz CT molecular complexity index is 942. The lowest BCUT2D eigenvalue weighted by molar-refractivity contribution is -0.116. The van der Waals surface area contributed by atoms with Gasteiger partial charge in [0.15, 0.2) is 5.78 Å². The van der Waals surface area contributed by atoms with E-state index in [1.165, 1.54) is 52.8 Å². The van der Waals surface area contributed by atoms with Gasteiger partial charge in [-0.25, -0.2) is 17.1 Å². The van der Waals surface area contributed by atoms with E-state index in [-0.39, 0.29) is 29.4 Å². The average Bonchev–Trinajstić information content (AvgIpc) is 2.71. The van der Waals surface area contributed by atoms with Gasteiger partial charge in [-0.3, -0.25) is 9.59 Å². The van der Waals surface area contributed by atoms with Crippen LogP contribution in [0.25, 0.3) is 0 Å². The molecule has 0 atom stereocenters. The van der Waals surface area contributed by atoms with Crippen molar-refractivity contribution in [1.82, 2.24) is 4.31 Å². The van der Waals surface area contributed by atoms with Crippen molar-refractivity contribution < 1.29 is 22.4 Å². The van der Waals surface area contributed by atoms with Crippen molar-refractivity contribution in [2.45, 2.75) is 37.5 Å². The van der Waals surface area contributed by atoms with Crippen LogP contribution in [0.4, 0.5) is 10.1 Å². The lowest BCUT2D eigenvalue weighted by Gasteiger charge is -2.17. The molecule has 156 valence electrons. The first kappa shape index (κ1) is 22.7. The minimum absolute atomic E-state index is 0.00779. The van der Waals surface area contributed by atoms with Crippen molar-refractivity contribution >= 4 is 27.4 Å². The molecular weight excluding hydrogens is 395 g/mol. The summed E-state index contributed by atoms with van der Waals surface area (Å²) in [5, 5.41) is 2.64. The number of rotatable bonds is 10. The quantitative estimate of drug-likeness (QED) is 0.592. The lowest BCUT2D eigenvalue weighted by atomic mass is 10.1. The molecule has 1 N–H and O–H groups in total. The smallest absolute Gasteiger partial charge is 0.242 e. The van der Waals surface area contributed by atoms with Crippen molar-refractivity contribution in [3.05, 3.63) is 59.9 Å². The molecule has 6 nitrogen and oxygen atoms in total. The Labute approximate surface area is 170 Å². The van der Waals surface area contributed by atoms with Gasteiger partial charge in [0, 0.05) is 37.7 Å². The summed E-state index contributed by atoms with van der Waals surface area (Å²) in [6, 6.07) is 11.1. The number of ketones is 1. The largest absolute Gasteiger partial charge is 0.326 e. The maximum absolute atomic E-state index is 12.9. The topological polar surface area (TPSA) is 83.6 Å². The summed E-state index contributed by atoms with van der Waals surface area (Å²) >= 11 is 0. The van der Waals surface area contributed by atoms with Crippen LogP contribution in [0.15, 0.2) is 53.4 Å². The van der Waals surface area contributed by atoms with Crippen LogP contribution >= 0.6 is 0 Å². The van der Waals surface area contributed by atoms with Crippen molar-refractivity contribution in [3.63, 3.8) is 0 Å². The number of nitrogens with zero attached hydrogens (tertiary/aromatic N) is 1. The number of unbranched alkanes of at least 4 members (excludes halogenated alkanes) is 1. The highest BCUT2D eigenvalue weighted by molar-refractivity contribution is 7.89. The molecule has 0 saturated heterocycles. The summed E-state index contributed by atoms with van der Waals surface area (Å²) in [5.41, 5.74) is 0.792. The summed E-state index contributed by atoms with van der Waals surface area (Å²) in [7, 11) is -2.02. The molecular formula is C21H25FN2O4S. The molecule has 0 aliphatic heterocycles. The number of nitrogens with one attached hydrogen (secondary N) is 1. The van der Waals surface area contributed by atoms with Gasteiger partial charge in [-0.2, -0.15) is 0 Å². The van der Waals surface area contributed by atoms with Crippen molar-refractivity contribution in [2.75, 3.05) is 18.9 Å². The highest BCUT2D eigenvalue weighted by Crippen LogP contribution is 2.18. The standard InChI is InChI=1S/C21H25FN2O4S/c1-3-4-15-24(2)29(27,28)19-11-9-18(10-12-19)23-21(26)14-13-20(25)16-5-7-17(22)8-6-16/h5-12H,3-4,13-15H2,1-2H3,(H,23,26). The Morgan fingerprint density at radius 1 is 1.00 bits per heavy atom. The van der Waals surface area contributed by atoms with Crippen LogP contribution in [0, 0.1) is 5.82 Å². The third-order valence-corrected chi connectivity index (χ3v) is 6.29. The maximum Gasteiger partial charge on any atom is 0.242 e. The molecule has 29 heavy (non-hydrogen) atoms. The second kappa shape index (κ2) is 10.3. The molecule has 0 aliphatic carbocycles. The van der Waals surface area contributed by atoms with Gasteiger partial charge in [0.05, 0.1) is 4.90 Å². The molecule has 1 amide bonds. The van der Waals surface area contributed by atoms with E-state index in [1.54, 1.807) is 7.05 Å². The number of carbonyl (C=O) groups excluding carboxylic acids is 2. The van der Waals surface area contributed by atoms with E-state index >= 15 is 0 Å². The Kier molecular flexibility index (Phi) is 8.04. The Hall–Kier alpha value is -2.58. The molecule has 8 heteroatoms. The average molecular weight is 421 g/mol. The summed E-state index contributed by atoms with van der Waals surface area (Å²) in [6.45, 7) is 2.44. The van der Waals surface area contributed by atoms with Gasteiger partial charge in [0.25, 0.3) is 0 Å². The predicted molar refractivity (Wildman–Crippen MR) is 110 cm³/mol. The van der Waals surface area contributed by atoms with E-state index in [4.69, 9.17) is 0 Å². The Morgan fingerprint density at radius 3 is 2.21 bits per heavy atom. The molecule has 2 aromatic rings. The molecule has 0 radical (unpaired) electrons. The molecule has 0 spiro atoms. The van der Waals surface area contributed by atoms with Crippen LogP contribution in [0.1, 0.15) is 43.0 Å². The SMILES string of the molecule is CCCCN(C)S(=O)(=O)c1ccc(NC(=O)CCC(=O)c2ccc(F)cc2)cc1. The molecule has 0 saturated carbocycles. The number of sulfonamides is 1. The Balaban J connectivity index is 1.91. The van der Waals surface area contributed by atoms with E-state index in [0.717, 1.165) is 12.8 Å². The number of amides is 1. The van der Waals surface area contributed by atoms with Crippen LogP contribution in [0.2, 0.25) is 0 Å². The fourth-order valence-corrected chi connectivity index (χ4v) is 3.83. The van der Waals surface area contributed by atoms with Crippen LogP contribution in [-0.4, -0.2) is 38.0 Å². The van der Waals surface area contributed by atoms with Gasteiger partial charge >= 0.3 is 0 Å². The normalized spacial score (nSPS) is 11.4. The van der Waals surface area contributed by atoms with Gasteiger partial charge in [-0.1, -0.05) is 13.3 Å². The molecule has 2 rings (SSSR count). The van der Waals surface area contributed by atoms with Gasteiger partial charge in [-0.05, 0) is 55.0 Å². The summed E-state index contributed by atoms with van der Waals surface area (Å²) in [6.07, 6.45) is 1.64. The van der Waals surface area contributed by atoms with E-state index in [9.17, 15) is 22.4 Å². The van der Waals surface area contributed by atoms with Crippen LogP contribution in [-0.2, 0) is 14.8 Å². The predicted octanol–water partition coefficient (Wildman–Crippen LogP) is 3.85. The molecule has 0 aromatic heterocycles. The van der Waals surface area contributed by atoms with Gasteiger partial charge in [0.1, 0.15) is 5.82 Å². The lowest BCUT2D eigenvalue weighted by Crippen LogP contribution is -2.27. The van der Waals surface area contributed by atoms with Crippen molar-refractivity contribution in [3.8, 4) is 0 Å². The molecule has 0 aliphatic rings. The first-order valence-electron chi connectivity index (χ1n) is 9.39. The fraction of sp³-hybridized carbons (Fsp3) is 0.333. The minimum Gasteiger partial charge on any atom is -0.326 e. The van der Waals surface area contributed by atoms with E-state index < -0.39 is 15.8 Å². The highest BCUT2D eigenvalue weighted by atomic mass is 32.2. The number of Topliss-reactive ketones (excluding diaryl/α,β-unsaturated/α-hetero) is 1. The third-order valence-electron chi connectivity index (χ3n) is 4.42. The Morgan fingerprint density at radius 2 is 1.62 bits per heavy atom. The second-order valence-electron chi connectivity index (χ2n) is 6.68. The minimum atomic E-state index is -3.56. The van der Waals surface area contributed by atoms with Crippen LogP contribution in [0.5, 0.6) is 0 Å². The van der Waals surface area contributed by atoms with Crippen LogP contribution < -0.4 is 5.32 Å². The maximum atomic E-state index is 12.9. The molecule has 0 unspecified atom stereocenters. The zero-order chi connectivity index (χ0) is 21.4. The van der Waals surface area contributed by atoms with E-state index in [2.05, 4.69) is 5.32 Å². The highest BCUT2D eigenvalue weighted by Gasteiger charge is 2.20. The number of carbonyl (C=O) groups is 2. The number of benzene rings is 2. The summed E-state index contributed by atoms with van der Waals surface area (Å²) in [5.74, 6) is -1.05. The first-order valence-corrected chi connectivity index (χ1v) is 10.8. The fourth-order valence-electron chi connectivity index (χ4n) is 2.62. The number of halogens is 1. The second-order valence-corrected chi connectivity index (χ2v) is 8.73. The van der Waals surface area contributed by atoms with E-state index in [1.807, 2.05) is 6.92 Å². The molecule has 0 bridgehead atoms. The molecule has 0 heterocycles. The van der Waals surface area contributed by atoms with Crippen molar-refractivity contribution in [2.24, 2.45) is 0 Å². The van der Waals surface area contributed by atoms with Crippen molar-refractivity contribution in [1.29, 1.82) is 0 Å². The van der Waals surface area contributed by atoms with E-state index in [0.29, 0.717) is 17.8 Å². The molecule has 0 fully saturated rings. The number of anilines is 1. The third kappa shape index (κ3) is 6.47. The summed E-state index contributed by atoms with van der Waals surface area (Å²) < 4.78 is 39.2. The van der Waals surface area contributed by atoms with Gasteiger partial charge in [-0.15, -0.1) is 0 Å². The number of hydrogen-bond donors (Lipinski definition) is 1. The first-order chi connectivity index (χ1) is 13.7. The summed E-state index contributed by atoms with van der Waals surface area (Å²) in [4.78, 5) is 24.2. The monoisotopic (exact) mass is 420 g/mol. The van der Waals surface area contributed by atoms with Gasteiger partial charge < -0.3 is 5.32 Å². The van der Waals surface area contributed by atoms with Crippen LogP contribution in [0.3, 0.4) is 0 Å². The van der Waals surface area contributed by atoms with Gasteiger partial charge in [0.2, 0.25) is 15.9 Å². The zero-order valence-electron chi connectivity index (χ0n) is 16.5.